The van der Waals surface area contributed by atoms with Gasteiger partial charge in [-0.3, -0.25) is 14.4 Å². The number of hydrogen-bond acceptors (Lipinski definition) is 8. The van der Waals surface area contributed by atoms with Gasteiger partial charge in [0, 0.05) is 38.0 Å². The summed E-state index contributed by atoms with van der Waals surface area (Å²) in [5.41, 5.74) is 0. The zero-order chi connectivity index (χ0) is 20.2. The van der Waals surface area contributed by atoms with E-state index in [1.54, 1.807) is 10.8 Å². The summed E-state index contributed by atoms with van der Waals surface area (Å²) in [5.74, 6) is -0.654. The van der Waals surface area contributed by atoms with Crippen molar-refractivity contribution in [3.05, 3.63) is 0 Å². The molecule has 0 bridgehead atoms. The maximum Gasteiger partial charge on any atom is 0.333 e. The Bertz CT molecular complexity index is 539. The fraction of sp³-hybridized carbons (Fsp3) is 0.778. The Morgan fingerprint density at radius 2 is 1.89 bits per heavy atom. The van der Waals surface area contributed by atoms with Crippen molar-refractivity contribution in [1.29, 1.82) is 0 Å². The number of carbonyl (C=O) groups is 4. The molecule has 0 spiro atoms. The lowest BCUT2D eigenvalue weighted by molar-refractivity contribution is -0.197. The molecule has 2 fully saturated rings. The molecule has 2 aliphatic rings. The van der Waals surface area contributed by atoms with E-state index in [-0.39, 0.29) is 25.2 Å². The highest BCUT2D eigenvalue weighted by molar-refractivity contribution is 8.76. The van der Waals surface area contributed by atoms with Gasteiger partial charge in [-0.15, -0.1) is 5.06 Å². The predicted octanol–water partition coefficient (Wildman–Crippen LogP) is 2.14. The molecule has 2 N–H and O–H groups in total. The minimum atomic E-state index is -0.574. The minimum absolute atomic E-state index is 0.0511. The number of hydrogen-bond donors (Lipinski definition) is 2. The number of piperidine rings is 1. The molecule has 0 aromatic heterocycles. The summed E-state index contributed by atoms with van der Waals surface area (Å²) < 4.78 is 0. The molecular weight excluding hydrogens is 402 g/mol. The highest BCUT2D eigenvalue weighted by atomic mass is 33.1. The molecule has 1 unspecified atom stereocenters. The van der Waals surface area contributed by atoms with Gasteiger partial charge in [0.05, 0.1) is 5.37 Å². The van der Waals surface area contributed by atoms with Gasteiger partial charge in [-0.2, -0.15) is 0 Å². The Morgan fingerprint density at radius 3 is 2.61 bits per heavy atom. The Hall–Kier alpha value is -1.26. The molecule has 158 valence electrons. The molecule has 10 heteroatoms. The van der Waals surface area contributed by atoms with Gasteiger partial charge in [0.1, 0.15) is 0 Å². The van der Waals surface area contributed by atoms with Crippen LogP contribution in [-0.4, -0.2) is 53.0 Å². The monoisotopic (exact) mass is 431 g/mol. The summed E-state index contributed by atoms with van der Waals surface area (Å²) in [6.07, 6.45) is 6.70. The summed E-state index contributed by atoms with van der Waals surface area (Å²) in [5, 5.41) is 7.44. The minimum Gasteiger partial charge on any atom is -0.356 e. The van der Waals surface area contributed by atoms with Gasteiger partial charge in [-0.25, -0.2) is 4.79 Å². The number of imide groups is 1. The van der Waals surface area contributed by atoms with Crippen LogP contribution >= 0.6 is 21.6 Å². The van der Waals surface area contributed by atoms with Gasteiger partial charge in [-0.05, 0) is 38.6 Å². The number of carbonyl (C=O) groups excluding carboxylic acids is 4. The van der Waals surface area contributed by atoms with E-state index in [9.17, 15) is 19.2 Å². The predicted molar refractivity (Wildman–Crippen MR) is 109 cm³/mol. The number of hydroxylamine groups is 2. The van der Waals surface area contributed by atoms with Crippen molar-refractivity contribution in [2.24, 2.45) is 0 Å². The van der Waals surface area contributed by atoms with Gasteiger partial charge in [-0.1, -0.05) is 28.0 Å². The Labute approximate surface area is 173 Å². The van der Waals surface area contributed by atoms with Crippen molar-refractivity contribution in [3.63, 3.8) is 0 Å². The number of nitrogens with zero attached hydrogens (tertiary/aromatic N) is 1. The molecule has 0 aliphatic carbocycles. The fourth-order valence-corrected chi connectivity index (χ4v) is 5.36. The topological polar surface area (TPSA) is 105 Å². The molecular formula is C18H29N3O5S2. The van der Waals surface area contributed by atoms with Crippen molar-refractivity contribution in [3.8, 4) is 0 Å². The van der Waals surface area contributed by atoms with E-state index in [2.05, 4.69) is 10.6 Å². The first kappa shape index (κ1) is 23.0. The zero-order valence-electron chi connectivity index (χ0n) is 16.1. The highest BCUT2D eigenvalue weighted by Gasteiger charge is 2.32. The van der Waals surface area contributed by atoms with Crippen molar-refractivity contribution in [1.82, 2.24) is 15.7 Å². The van der Waals surface area contributed by atoms with Crippen molar-refractivity contribution in [2.45, 2.75) is 69.6 Å². The number of nitrogens with one attached hydrogen (secondary N) is 2. The first-order valence-corrected chi connectivity index (χ1v) is 12.3. The molecule has 0 aromatic carbocycles. The Morgan fingerprint density at radius 1 is 1.11 bits per heavy atom. The second-order valence-electron chi connectivity index (χ2n) is 6.81. The molecule has 2 rings (SSSR count). The summed E-state index contributed by atoms with van der Waals surface area (Å²) in [4.78, 5) is 50.9. The third-order valence-corrected chi connectivity index (χ3v) is 7.19. The molecule has 1 atom stereocenters. The van der Waals surface area contributed by atoms with Crippen LogP contribution in [0.1, 0.15) is 64.2 Å². The number of amides is 3. The zero-order valence-corrected chi connectivity index (χ0v) is 17.7. The van der Waals surface area contributed by atoms with Crippen LogP contribution in [0.15, 0.2) is 0 Å². The summed E-state index contributed by atoms with van der Waals surface area (Å²) in [7, 11) is 3.57. The molecule has 0 aromatic rings. The molecule has 2 aliphatic heterocycles. The lowest BCUT2D eigenvalue weighted by atomic mass is 10.2. The van der Waals surface area contributed by atoms with Gasteiger partial charge < -0.3 is 15.5 Å². The van der Waals surface area contributed by atoms with Gasteiger partial charge in [0.2, 0.25) is 5.91 Å². The van der Waals surface area contributed by atoms with Crippen LogP contribution in [0.5, 0.6) is 0 Å². The van der Waals surface area contributed by atoms with E-state index in [0.717, 1.165) is 25.1 Å². The maximum absolute atomic E-state index is 11.8. The molecule has 2 heterocycles. The Kier molecular flexibility index (Phi) is 10.7. The van der Waals surface area contributed by atoms with Crippen molar-refractivity contribution in [2.75, 3.05) is 18.8 Å². The van der Waals surface area contributed by atoms with E-state index in [1.807, 2.05) is 10.8 Å². The van der Waals surface area contributed by atoms with Crippen LogP contribution in [0.25, 0.3) is 0 Å². The van der Waals surface area contributed by atoms with Crippen molar-refractivity contribution >= 4 is 45.3 Å². The van der Waals surface area contributed by atoms with Crippen LogP contribution in [0.4, 0.5) is 0 Å². The summed E-state index contributed by atoms with van der Waals surface area (Å²) in [6.45, 7) is 1.67. The first-order chi connectivity index (χ1) is 13.6. The SMILES string of the molecule is O=C(CCSSC1CCCCN1)NCCCCCC(=O)ON1C(=O)CCC1=O. The fourth-order valence-electron chi connectivity index (χ4n) is 2.86. The number of rotatable bonds is 12. The smallest absolute Gasteiger partial charge is 0.333 e. The largest absolute Gasteiger partial charge is 0.356 e. The average Bonchev–Trinajstić information content (AvgIpc) is 3.00. The lowest BCUT2D eigenvalue weighted by Crippen LogP contribution is -2.32. The molecule has 0 saturated carbocycles. The van der Waals surface area contributed by atoms with E-state index in [0.29, 0.717) is 29.8 Å². The van der Waals surface area contributed by atoms with Crippen LogP contribution in [-0.2, 0) is 24.0 Å². The second-order valence-corrected chi connectivity index (χ2v) is 9.50. The quantitative estimate of drug-likeness (QED) is 0.275. The summed E-state index contributed by atoms with van der Waals surface area (Å²) in [6, 6.07) is 0. The normalized spacial score (nSPS) is 19.7. The van der Waals surface area contributed by atoms with E-state index in [1.165, 1.54) is 19.3 Å². The summed E-state index contributed by atoms with van der Waals surface area (Å²) >= 11 is 0. The van der Waals surface area contributed by atoms with Crippen LogP contribution < -0.4 is 10.6 Å². The third-order valence-electron chi connectivity index (χ3n) is 4.44. The first-order valence-electron chi connectivity index (χ1n) is 9.91. The van der Waals surface area contributed by atoms with Crippen LogP contribution in [0, 0.1) is 0 Å². The molecule has 0 radical (unpaired) electrons. The molecule has 3 amide bonds. The van der Waals surface area contributed by atoms with Crippen molar-refractivity contribution < 1.29 is 24.0 Å². The van der Waals surface area contributed by atoms with Gasteiger partial charge in [0.15, 0.2) is 0 Å². The number of unbranched alkanes of at least 4 members (excludes halogenated alkanes) is 2. The maximum atomic E-state index is 11.8. The molecule has 28 heavy (non-hydrogen) atoms. The van der Waals surface area contributed by atoms with Crippen LogP contribution in [0.2, 0.25) is 0 Å². The van der Waals surface area contributed by atoms with Gasteiger partial charge >= 0.3 is 5.97 Å². The molecule has 2 saturated heterocycles. The lowest BCUT2D eigenvalue weighted by Gasteiger charge is -2.21. The molecule has 8 nitrogen and oxygen atoms in total. The van der Waals surface area contributed by atoms with E-state index in [4.69, 9.17) is 4.84 Å². The van der Waals surface area contributed by atoms with E-state index >= 15 is 0 Å². The van der Waals surface area contributed by atoms with Crippen LogP contribution in [0.3, 0.4) is 0 Å². The second kappa shape index (κ2) is 13.1. The highest BCUT2D eigenvalue weighted by Crippen LogP contribution is 2.30. The Balaban J connectivity index is 1.40. The average molecular weight is 432 g/mol. The standard InChI is InChI=1S/C18H29N3O5S2/c22-14(10-13-27-28-15-6-3-5-12-20-15)19-11-4-1-2-7-18(25)26-21-16(23)8-9-17(21)24/h15,20H,1-13H2,(H,19,22). The van der Waals surface area contributed by atoms with E-state index < -0.39 is 17.8 Å². The third kappa shape index (κ3) is 8.83. The van der Waals surface area contributed by atoms with Gasteiger partial charge in [0.25, 0.3) is 11.8 Å².